The number of nitrogens with zero attached hydrogens (tertiary/aromatic N) is 2. The summed E-state index contributed by atoms with van der Waals surface area (Å²) in [5.74, 6) is 0.699. The van der Waals surface area contributed by atoms with E-state index in [0.717, 1.165) is 12.8 Å². The van der Waals surface area contributed by atoms with Gasteiger partial charge in [0.15, 0.2) is 0 Å². The fourth-order valence-electron chi connectivity index (χ4n) is 2.11. The first kappa shape index (κ1) is 17.3. The highest BCUT2D eigenvalue weighted by atomic mass is 32.2. The summed E-state index contributed by atoms with van der Waals surface area (Å²) in [5.41, 5.74) is 6.23. The minimum atomic E-state index is -3.62. The number of sulfonamides is 1. The van der Waals surface area contributed by atoms with Crippen LogP contribution < -0.4 is 15.8 Å². The van der Waals surface area contributed by atoms with Crippen LogP contribution in [0.2, 0.25) is 0 Å². The fourth-order valence-corrected chi connectivity index (χ4v) is 4.19. The molecule has 7 nitrogen and oxygen atoms in total. The number of nitrogens with two attached hydrogens (primary N) is 1. The van der Waals surface area contributed by atoms with Crippen LogP contribution in [-0.4, -0.2) is 18.4 Å². The first-order chi connectivity index (χ1) is 12.0. The van der Waals surface area contributed by atoms with Gasteiger partial charge in [-0.2, -0.15) is 4.98 Å². The predicted molar refractivity (Wildman–Crippen MR) is 101 cm³/mol. The number of nitrogen functional groups attached to an aromatic ring is 1. The first-order valence-corrected chi connectivity index (χ1v) is 9.89. The molecule has 0 saturated carbocycles. The maximum Gasteiger partial charge on any atom is 0.262 e. The van der Waals surface area contributed by atoms with E-state index in [1.54, 1.807) is 24.4 Å². The van der Waals surface area contributed by atoms with Crippen molar-refractivity contribution < 1.29 is 8.42 Å². The van der Waals surface area contributed by atoms with E-state index in [9.17, 15) is 8.42 Å². The third-order valence-electron chi connectivity index (χ3n) is 3.30. The molecule has 0 bridgehead atoms. The highest BCUT2D eigenvalue weighted by molar-refractivity contribution is 8.06. The van der Waals surface area contributed by atoms with Crippen LogP contribution in [0.1, 0.15) is 12.8 Å². The summed E-state index contributed by atoms with van der Waals surface area (Å²) in [4.78, 5) is 8.04. The average Bonchev–Trinajstić information content (AvgIpc) is 2.83. The van der Waals surface area contributed by atoms with Gasteiger partial charge in [0.25, 0.3) is 10.0 Å². The summed E-state index contributed by atoms with van der Waals surface area (Å²) in [7, 11) is -3.62. The van der Waals surface area contributed by atoms with E-state index in [1.165, 1.54) is 23.9 Å². The van der Waals surface area contributed by atoms with Gasteiger partial charge in [0, 0.05) is 11.9 Å². The topological polar surface area (TPSA) is 110 Å². The highest BCUT2D eigenvalue weighted by Crippen LogP contribution is 2.23. The second-order valence-corrected chi connectivity index (χ2v) is 7.82. The number of hydrogen-bond donors (Lipinski definition) is 3. The SMILES string of the molecule is Nc1nccc(Nc2ccc(S(=O)(=O)NC3=CCCC=CS3)cc2)n1. The molecule has 9 heteroatoms. The number of anilines is 3. The Bertz CT molecular complexity index is 908. The van der Waals surface area contributed by atoms with Crippen LogP contribution >= 0.6 is 11.8 Å². The van der Waals surface area contributed by atoms with Crippen molar-refractivity contribution in [3.8, 4) is 0 Å². The van der Waals surface area contributed by atoms with Crippen molar-refractivity contribution >= 4 is 39.2 Å². The Morgan fingerprint density at radius 2 is 1.92 bits per heavy atom. The molecule has 0 radical (unpaired) electrons. The molecular formula is C16H17N5O2S2. The minimum Gasteiger partial charge on any atom is -0.368 e. The van der Waals surface area contributed by atoms with Crippen LogP contribution in [0.4, 0.5) is 17.5 Å². The van der Waals surface area contributed by atoms with Gasteiger partial charge in [0.2, 0.25) is 5.95 Å². The van der Waals surface area contributed by atoms with Crippen LogP contribution in [-0.2, 0) is 10.0 Å². The fraction of sp³-hybridized carbons (Fsp3) is 0.125. The van der Waals surface area contributed by atoms with Crippen molar-refractivity contribution in [2.45, 2.75) is 17.7 Å². The highest BCUT2D eigenvalue weighted by Gasteiger charge is 2.15. The summed E-state index contributed by atoms with van der Waals surface area (Å²) in [6.45, 7) is 0. The van der Waals surface area contributed by atoms with E-state index in [-0.39, 0.29) is 10.8 Å². The Hall–Kier alpha value is -2.52. The zero-order chi connectivity index (χ0) is 17.7. The van der Waals surface area contributed by atoms with Crippen molar-refractivity contribution in [3.63, 3.8) is 0 Å². The van der Waals surface area contributed by atoms with E-state index in [2.05, 4.69) is 20.0 Å². The lowest BCUT2D eigenvalue weighted by molar-refractivity contribution is 0.590. The molecular weight excluding hydrogens is 358 g/mol. The Morgan fingerprint density at radius 3 is 2.68 bits per heavy atom. The molecule has 0 unspecified atom stereocenters. The van der Waals surface area contributed by atoms with E-state index in [1.807, 2.05) is 17.6 Å². The van der Waals surface area contributed by atoms with Crippen molar-refractivity contribution in [2.24, 2.45) is 0 Å². The van der Waals surface area contributed by atoms with E-state index in [4.69, 9.17) is 5.73 Å². The van der Waals surface area contributed by atoms with Gasteiger partial charge in [0.1, 0.15) is 5.82 Å². The molecule has 2 heterocycles. The Kier molecular flexibility index (Phi) is 5.25. The second kappa shape index (κ2) is 7.58. The van der Waals surface area contributed by atoms with Gasteiger partial charge < -0.3 is 11.1 Å². The third kappa shape index (κ3) is 4.74. The third-order valence-corrected chi connectivity index (χ3v) is 5.66. The molecule has 3 rings (SSSR count). The van der Waals surface area contributed by atoms with Crippen LogP contribution in [0.3, 0.4) is 0 Å². The van der Waals surface area contributed by atoms with Gasteiger partial charge in [-0.05, 0) is 48.6 Å². The van der Waals surface area contributed by atoms with Gasteiger partial charge in [0.05, 0.1) is 9.92 Å². The molecule has 1 aromatic heterocycles. The number of benzene rings is 1. The lowest BCUT2D eigenvalue weighted by atomic mass is 10.3. The molecule has 0 atom stereocenters. The smallest absolute Gasteiger partial charge is 0.262 e. The van der Waals surface area contributed by atoms with Crippen LogP contribution in [0.25, 0.3) is 0 Å². The number of allylic oxidation sites excluding steroid dienone is 2. The molecule has 1 aliphatic heterocycles. The van der Waals surface area contributed by atoms with Crippen molar-refractivity contribution in [1.29, 1.82) is 0 Å². The zero-order valence-corrected chi connectivity index (χ0v) is 14.8. The molecule has 0 spiro atoms. The molecule has 130 valence electrons. The molecule has 0 aliphatic carbocycles. The molecule has 1 aliphatic rings. The molecule has 0 amide bonds. The van der Waals surface area contributed by atoms with Gasteiger partial charge in [-0.25, -0.2) is 13.4 Å². The molecule has 4 N–H and O–H groups in total. The molecule has 0 fully saturated rings. The molecule has 0 saturated heterocycles. The number of thioether (sulfide) groups is 1. The molecule has 25 heavy (non-hydrogen) atoms. The van der Waals surface area contributed by atoms with Crippen molar-refractivity contribution in [3.05, 3.63) is 59.1 Å². The van der Waals surface area contributed by atoms with Crippen molar-refractivity contribution in [1.82, 2.24) is 14.7 Å². The van der Waals surface area contributed by atoms with Gasteiger partial charge in [-0.15, -0.1) is 0 Å². The first-order valence-electron chi connectivity index (χ1n) is 7.53. The lowest BCUT2D eigenvalue weighted by Crippen LogP contribution is -2.21. The van der Waals surface area contributed by atoms with Gasteiger partial charge >= 0.3 is 0 Å². The Morgan fingerprint density at radius 1 is 1.12 bits per heavy atom. The quantitative estimate of drug-likeness (QED) is 0.737. The average molecular weight is 375 g/mol. The maximum atomic E-state index is 12.5. The largest absolute Gasteiger partial charge is 0.368 e. The minimum absolute atomic E-state index is 0.164. The van der Waals surface area contributed by atoms with Crippen LogP contribution in [0.15, 0.2) is 64.0 Å². The molecule has 1 aromatic carbocycles. The number of aromatic nitrogens is 2. The van der Waals surface area contributed by atoms with E-state index < -0.39 is 10.0 Å². The zero-order valence-electron chi connectivity index (χ0n) is 13.2. The second-order valence-electron chi connectivity index (χ2n) is 5.19. The summed E-state index contributed by atoms with van der Waals surface area (Å²) in [6.07, 6.45) is 7.17. The standard InChI is InChI=1S/C16H17N5O2S2/c17-16-18-10-9-14(20-16)19-12-5-7-13(8-6-12)25(22,23)21-15-4-2-1-3-11-24-15/h3-11,21H,1-2H2,(H3,17,18,19,20). The lowest BCUT2D eigenvalue weighted by Gasteiger charge is -2.11. The molecule has 2 aromatic rings. The van der Waals surface area contributed by atoms with E-state index >= 15 is 0 Å². The summed E-state index contributed by atoms with van der Waals surface area (Å²) < 4.78 is 27.6. The monoisotopic (exact) mass is 375 g/mol. The van der Waals surface area contributed by atoms with E-state index in [0.29, 0.717) is 16.5 Å². The number of rotatable bonds is 5. The summed E-state index contributed by atoms with van der Waals surface area (Å²) in [5, 5.41) is 5.55. The van der Waals surface area contributed by atoms with Crippen LogP contribution in [0, 0.1) is 0 Å². The van der Waals surface area contributed by atoms with Gasteiger partial charge in [-0.1, -0.05) is 23.9 Å². The van der Waals surface area contributed by atoms with Crippen LogP contribution in [0.5, 0.6) is 0 Å². The number of hydrogen-bond acceptors (Lipinski definition) is 7. The van der Waals surface area contributed by atoms with Crippen molar-refractivity contribution in [2.75, 3.05) is 11.1 Å². The maximum absolute atomic E-state index is 12.5. The number of nitrogens with one attached hydrogen (secondary N) is 2. The normalized spacial score (nSPS) is 14.5. The van der Waals surface area contributed by atoms with Gasteiger partial charge in [-0.3, -0.25) is 4.72 Å². The Labute approximate surface area is 150 Å². The summed E-state index contributed by atoms with van der Waals surface area (Å²) in [6, 6.07) is 8.08. The Balaban J connectivity index is 1.72. The predicted octanol–water partition coefficient (Wildman–Crippen LogP) is 2.96. The summed E-state index contributed by atoms with van der Waals surface area (Å²) >= 11 is 1.36.